The fraction of sp³-hybridized carbons (Fsp3) is 0.562. The zero-order valence-corrected chi connectivity index (χ0v) is 12.5. The van der Waals surface area contributed by atoms with Crippen molar-refractivity contribution in [2.75, 3.05) is 13.1 Å². The smallest absolute Gasteiger partial charge is 0.0960 e. The number of imidazole rings is 1. The maximum Gasteiger partial charge on any atom is 0.0960 e. The van der Waals surface area contributed by atoms with Crippen molar-refractivity contribution in [3.05, 3.63) is 29.6 Å². The lowest BCUT2D eigenvalue weighted by Crippen LogP contribution is -2.19. The predicted octanol–water partition coefficient (Wildman–Crippen LogP) is 3.60. The van der Waals surface area contributed by atoms with Gasteiger partial charge in [0.05, 0.1) is 17.4 Å². The monoisotopic (exact) mass is 259 g/mol. The van der Waals surface area contributed by atoms with E-state index in [2.05, 4.69) is 54.7 Å². The van der Waals surface area contributed by atoms with Gasteiger partial charge in [-0.15, -0.1) is 0 Å². The van der Waals surface area contributed by atoms with Crippen LogP contribution in [0.25, 0.3) is 11.0 Å². The van der Waals surface area contributed by atoms with Crippen LogP contribution in [0.15, 0.2) is 18.5 Å². The summed E-state index contributed by atoms with van der Waals surface area (Å²) in [5, 5.41) is 3.46. The number of hydrogen-bond donors (Lipinski definition) is 1. The van der Waals surface area contributed by atoms with Gasteiger partial charge < -0.3 is 9.88 Å². The second-order valence-electron chi connectivity index (χ2n) is 5.46. The van der Waals surface area contributed by atoms with E-state index in [1.165, 1.54) is 23.1 Å². The van der Waals surface area contributed by atoms with Gasteiger partial charge in [-0.25, -0.2) is 4.98 Å². The highest BCUT2D eigenvalue weighted by molar-refractivity contribution is 5.77. The number of benzene rings is 1. The van der Waals surface area contributed by atoms with Crippen LogP contribution >= 0.6 is 0 Å². The zero-order valence-electron chi connectivity index (χ0n) is 12.5. The average molecular weight is 259 g/mol. The van der Waals surface area contributed by atoms with Crippen LogP contribution in [0.4, 0.5) is 0 Å². The van der Waals surface area contributed by atoms with Gasteiger partial charge in [-0.3, -0.25) is 0 Å². The third-order valence-electron chi connectivity index (χ3n) is 3.83. The summed E-state index contributed by atoms with van der Waals surface area (Å²) in [6.45, 7) is 11.0. The summed E-state index contributed by atoms with van der Waals surface area (Å²) < 4.78 is 2.30. The Bertz CT molecular complexity index is 542. The lowest BCUT2D eigenvalue weighted by atomic mass is 10.1. The molecule has 1 N–H and O–H groups in total. The van der Waals surface area contributed by atoms with E-state index in [4.69, 9.17) is 0 Å². The minimum atomic E-state index is 0.483. The van der Waals surface area contributed by atoms with Crippen LogP contribution in [0.3, 0.4) is 0 Å². The quantitative estimate of drug-likeness (QED) is 0.803. The Morgan fingerprint density at radius 2 is 1.95 bits per heavy atom. The number of aromatic nitrogens is 2. The molecule has 1 heterocycles. The summed E-state index contributed by atoms with van der Waals surface area (Å²) in [7, 11) is 0. The van der Waals surface area contributed by atoms with E-state index in [1.54, 1.807) is 0 Å². The summed E-state index contributed by atoms with van der Waals surface area (Å²) in [6.07, 6.45) is 4.31. The Balaban J connectivity index is 2.13. The first-order valence-electron chi connectivity index (χ1n) is 7.28. The van der Waals surface area contributed by atoms with Gasteiger partial charge in [0.1, 0.15) is 0 Å². The number of hydrogen-bond acceptors (Lipinski definition) is 2. The van der Waals surface area contributed by atoms with Crippen molar-refractivity contribution in [3.8, 4) is 0 Å². The summed E-state index contributed by atoms with van der Waals surface area (Å²) in [6, 6.07) is 4.92. The van der Waals surface area contributed by atoms with Crippen LogP contribution in [0, 0.1) is 13.8 Å². The van der Waals surface area contributed by atoms with Gasteiger partial charge in [-0.05, 0) is 70.0 Å². The maximum atomic E-state index is 4.53. The number of nitrogens with one attached hydrogen (secondary N) is 1. The topological polar surface area (TPSA) is 29.9 Å². The standard InChI is InChI=1S/C16H25N3/c1-5-7-17-8-6-14(4)19-11-18-15-9-12(2)13(3)10-16(15)19/h9-11,14,17H,5-8H2,1-4H3. The predicted molar refractivity (Wildman–Crippen MR) is 81.7 cm³/mol. The first-order valence-corrected chi connectivity index (χ1v) is 7.28. The molecule has 1 unspecified atom stereocenters. The SMILES string of the molecule is CCCNCCC(C)n1cnc2cc(C)c(C)cc21. The number of fused-ring (bicyclic) bond motifs is 1. The van der Waals surface area contributed by atoms with Gasteiger partial charge in [-0.2, -0.15) is 0 Å². The Labute approximate surface area is 116 Å². The minimum Gasteiger partial charge on any atom is -0.328 e. The van der Waals surface area contributed by atoms with E-state index >= 15 is 0 Å². The lowest BCUT2D eigenvalue weighted by Gasteiger charge is -2.15. The molecule has 0 saturated heterocycles. The Morgan fingerprint density at radius 1 is 1.21 bits per heavy atom. The summed E-state index contributed by atoms with van der Waals surface area (Å²) >= 11 is 0. The van der Waals surface area contributed by atoms with Crippen molar-refractivity contribution >= 4 is 11.0 Å². The van der Waals surface area contributed by atoms with Crippen LogP contribution < -0.4 is 5.32 Å². The highest BCUT2D eigenvalue weighted by Crippen LogP contribution is 2.22. The summed E-state index contributed by atoms with van der Waals surface area (Å²) in [4.78, 5) is 4.53. The fourth-order valence-corrected chi connectivity index (χ4v) is 2.39. The minimum absolute atomic E-state index is 0.483. The molecule has 0 amide bonds. The molecule has 0 aliphatic heterocycles. The van der Waals surface area contributed by atoms with E-state index in [9.17, 15) is 0 Å². The molecule has 1 aromatic heterocycles. The molecule has 0 saturated carbocycles. The average Bonchev–Trinajstić information content (AvgIpc) is 2.78. The molecule has 1 aromatic carbocycles. The van der Waals surface area contributed by atoms with Crippen LogP contribution in [0.1, 0.15) is 43.9 Å². The molecular formula is C16H25N3. The molecule has 2 rings (SSSR count). The normalized spacial score (nSPS) is 13.1. The Hall–Kier alpha value is -1.35. The number of rotatable bonds is 6. The second-order valence-corrected chi connectivity index (χ2v) is 5.46. The van der Waals surface area contributed by atoms with Crippen molar-refractivity contribution in [2.24, 2.45) is 0 Å². The Kier molecular flexibility index (Phi) is 4.59. The third kappa shape index (κ3) is 3.16. The van der Waals surface area contributed by atoms with Crippen LogP contribution in [-0.2, 0) is 0 Å². The van der Waals surface area contributed by atoms with E-state index in [-0.39, 0.29) is 0 Å². The van der Waals surface area contributed by atoms with Crippen molar-refractivity contribution in [3.63, 3.8) is 0 Å². The molecule has 3 nitrogen and oxygen atoms in total. The van der Waals surface area contributed by atoms with Crippen molar-refractivity contribution in [1.82, 2.24) is 14.9 Å². The summed E-state index contributed by atoms with van der Waals surface area (Å²) in [5.41, 5.74) is 5.02. The van der Waals surface area contributed by atoms with Gasteiger partial charge in [-0.1, -0.05) is 6.92 Å². The highest BCUT2D eigenvalue weighted by Gasteiger charge is 2.10. The first-order chi connectivity index (χ1) is 9.13. The van der Waals surface area contributed by atoms with Crippen LogP contribution in [0.2, 0.25) is 0 Å². The molecule has 104 valence electrons. The fourth-order valence-electron chi connectivity index (χ4n) is 2.39. The van der Waals surface area contributed by atoms with Gasteiger partial charge in [0.2, 0.25) is 0 Å². The van der Waals surface area contributed by atoms with Gasteiger partial charge >= 0.3 is 0 Å². The Morgan fingerprint density at radius 3 is 2.68 bits per heavy atom. The van der Waals surface area contributed by atoms with E-state index < -0.39 is 0 Å². The van der Waals surface area contributed by atoms with Crippen molar-refractivity contribution in [2.45, 2.75) is 46.6 Å². The van der Waals surface area contributed by atoms with E-state index in [0.717, 1.165) is 25.0 Å². The molecule has 3 heteroatoms. The van der Waals surface area contributed by atoms with Gasteiger partial charge in [0.25, 0.3) is 0 Å². The molecule has 0 aliphatic rings. The number of nitrogens with zero attached hydrogens (tertiary/aromatic N) is 2. The molecule has 0 aliphatic carbocycles. The third-order valence-corrected chi connectivity index (χ3v) is 3.83. The van der Waals surface area contributed by atoms with Crippen molar-refractivity contribution in [1.29, 1.82) is 0 Å². The van der Waals surface area contributed by atoms with E-state index in [1.807, 2.05) is 6.33 Å². The zero-order chi connectivity index (χ0) is 13.8. The largest absolute Gasteiger partial charge is 0.328 e. The van der Waals surface area contributed by atoms with Gasteiger partial charge in [0.15, 0.2) is 0 Å². The molecule has 0 fully saturated rings. The lowest BCUT2D eigenvalue weighted by molar-refractivity contribution is 0.492. The van der Waals surface area contributed by atoms with Gasteiger partial charge in [0, 0.05) is 6.04 Å². The second kappa shape index (κ2) is 6.20. The molecule has 0 radical (unpaired) electrons. The molecule has 1 atom stereocenters. The summed E-state index contributed by atoms with van der Waals surface area (Å²) in [5.74, 6) is 0. The molecular weight excluding hydrogens is 234 g/mol. The molecule has 2 aromatic rings. The first kappa shape index (κ1) is 14.1. The highest BCUT2D eigenvalue weighted by atomic mass is 15.1. The molecule has 0 spiro atoms. The van der Waals surface area contributed by atoms with Crippen LogP contribution in [0.5, 0.6) is 0 Å². The van der Waals surface area contributed by atoms with Crippen LogP contribution in [-0.4, -0.2) is 22.6 Å². The molecule has 0 bridgehead atoms. The molecule has 19 heavy (non-hydrogen) atoms. The maximum absolute atomic E-state index is 4.53. The van der Waals surface area contributed by atoms with Crippen molar-refractivity contribution < 1.29 is 0 Å². The number of aryl methyl sites for hydroxylation is 2. The van der Waals surface area contributed by atoms with E-state index in [0.29, 0.717) is 6.04 Å².